The van der Waals surface area contributed by atoms with Crippen LogP contribution in [0.5, 0.6) is 11.5 Å². The van der Waals surface area contributed by atoms with Crippen LogP contribution in [-0.4, -0.2) is 47.8 Å². The fourth-order valence-electron chi connectivity index (χ4n) is 1.82. The maximum absolute atomic E-state index is 12.3. The molecule has 0 radical (unpaired) electrons. The Kier molecular flexibility index (Phi) is 5.63. The van der Waals surface area contributed by atoms with Gasteiger partial charge >= 0.3 is 0 Å². The van der Waals surface area contributed by atoms with Gasteiger partial charge in [-0.1, -0.05) is 13.8 Å². The van der Waals surface area contributed by atoms with Gasteiger partial charge in [-0.3, -0.25) is 4.79 Å². The SMILES string of the molecule is COCCN(CC(C)C)C(=O)c1cc(O)cc(O)c1. The topological polar surface area (TPSA) is 70.0 Å². The van der Waals surface area contributed by atoms with Crippen LogP contribution in [0.15, 0.2) is 18.2 Å². The molecule has 5 heteroatoms. The first-order chi connectivity index (χ1) is 8.93. The number of hydrogen-bond acceptors (Lipinski definition) is 4. The predicted octanol–water partition coefficient (Wildman–Crippen LogP) is 1.84. The van der Waals surface area contributed by atoms with Gasteiger partial charge in [-0.25, -0.2) is 0 Å². The summed E-state index contributed by atoms with van der Waals surface area (Å²) in [5.74, 6) is -0.150. The summed E-state index contributed by atoms with van der Waals surface area (Å²) in [6.45, 7) is 5.56. The van der Waals surface area contributed by atoms with Crippen LogP contribution < -0.4 is 0 Å². The van der Waals surface area contributed by atoms with Gasteiger partial charge in [-0.2, -0.15) is 0 Å². The summed E-state index contributed by atoms with van der Waals surface area (Å²) in [7, 11) is 1.58. The summed E-state index contributed by atoms with van der Waals surface area (Å²) >= 11 is 0. The molecule has 0 atom stereocenters. The van der Waals surface area contributed by atoms with E-state index in [0.29, 0.717) is 25.6 Å². The van der Waals surface area contributed by atoms with Gasteiger partial charge in [-0.05, 0) is 18.1 Å². The molecule has 0 aliphatic rings. The molecule has 106 valence electrons. The third-order valence-electron chi connectivity index (χ3n) is 2.59. The fourth-order valence-corrected chi connectivity index (χ4v) is 1.82. The van der Waals surface area contributed by atoms with Crippen LogP contribution >= 0.6 is 0 Å². The summed E-state index contributed by atoms with van der Waals surface area (Å²) in [5, 5.41) is 18.9. The quantitative estimate of drug-likeness (QED) is 0.825. The van der Waals surface area contributed by atoms with E-state index in [4.69, 9.17) is 4.74 Å². The first kappa shape index (κ1) is 15.3. The number of phenolic OH excluding ortho intramolecular Hbond substituents is 2. The van der Waals surface area contributed by atoms with Crippen molar-refractivity contribution in [1.29, 1.82) is 0 Å². The van der Waals surface area contributed by atoms with Gasteiger partial charge in [0, 0.05) is 31.8 Å². The maximum Gasteiger partial charge on any atom is 0.254 e. The third kappa shape index (κ3) is 4.79. The van der Waals surface area contributed by atoms with Crippen molar-refractivity contribution in [2.45, 2.75) is 13.8 Å². The van der Waals surface area contributed by atoms with E-state index in [1.54, 1.807) is 12.0 Å². The highest BCUT2D eigenvalue weighted by Crippen LogP contribution is 2.21. The lowest BCUT2D eigenvalue weighted by atomic mass is 10.1. The molecule has 0 aromatic heterocycles. The number of methoxy groups -OCH3 is 1. The number of carbonyl (C=O) groups excluding carboxylic acids is 1. The Labute approximate surface area is 113 Å². The summed E-state index contributed by atoms with van der Waals surface area (Å²) < 4.78 is 4.99. The van der Waals surface area contributed by atoms with Gasteiger partial charge < -0.3 is 19.8 Å². The van der Waals surface area contributed by atoms with E-state index in [-0.39, 0.29) is 23.0 Å². The Morgan fingerprint density at radius 2 is 1.84 bits per heavy atom. The zero-order valence-corrected chi connectivity index (χ0v) is 11.6. The summed E-state index contributed by atoms with van der Waals surface area (Å²) in [4.78, 5) is 14.0. The van der Waals surface area contributed by atoms with Crippen molar-refractivity contribution in [3.8, 4) is 11.5 Å². The molecule has 0 unspecified atom stereocenters. The van der Waals surface area contributed by atoms with Crippen LogP contribution in [0.1, 0.15) is 24.2 Å². The molecule has 0 spiro atoms. The molecular formula is C14H21NO4. The average Bonchev–Trinajstić information content (AvgIpc) is 2.32. The van der Waals surface area contributed by atoms with Crippen molar-refractivity contribution in [3.05, 3.63) is 23.8 Å². The van der Waals surface area contributed by atoms with E-state index in [1.165, 1.54) is 18.2 Å². The van der Waals surface area contributed by atoms with Crippen molar-refractivity contribution >= 4 is 5.91 Å². The number of amides is 1. The summed E-state index contributed by atoms with van der Waals surface area (Å²) in [6, 6.07) is 3.89. The number of carbonyl (C=O) groups is 1. The largest absolute Gasteiger partial charge is 0.508 e. The van der Waals surface area contributed by atoms with E-state index in [1.807, 2.05) is 13.8 Å². The normalized spacial score (nSPS) is 10.7. The lowest BCUT2D eigenvalue weighted by Crippen LogP contribution is -2.36. The van der Waals surface area contributed by atoms with E-state index in [9.17, 15) is 15.0 Å². The van der Waals surface area contributed by atoms with Gasteiger partial charge in [0.2, 0.25) is 0 Å². The molecular weight excluding hydrogens is 246 g/mol. The van der Waals surface area contributed by atoms with Crippen LogP contribution in [0.2, 0.25) is 0 Å². The first-order valence-electron chi connectivity index (χ1n) is 6.25. The third-order valence-corrected chi connectivity index (χ3v) is 2.59. The van der Waals surface area contributed by atoms with Gasteiger partial charge in [0.25, 0.3) is 5.91 Å². The molecule has 2 N–H and O–H groups in total. The van der Waals surface area contributed by atoms with E-state index >= 15 is 0 Å². The van der Waals surface area contributed by atoms with Crippen molar-refractivity contribution in [2.75, 3.05) is 26.8 Å². The van der Waals surface area contributed by atoms with Crippen LogP contribution in [0.3, 0.4) is 0 Å². The molecule has 0 heterocycles. The van der Waals surface area contributed by atoms with Crippen molar-refractivity contribution in [2.24, 2.45) is 5.92 Å². The molecule has 1 aromatic carbocycles. The second-order valence-electron chi connectivity index (χ2n) is 4.88. The monoisotopic (exact) mass is 267 g/mol. The number of benzene rings is 1. The summed E-state index contributed by atoms with van der Waals surface area (Å²) in [6.07, 6.45) is 0. The molecule has 0 bridgehead atoms. The average molecular weight is 267 g/mol. The second-order valence-corrected chi connectivity index (χ2v) is 4.88. The maximum atomic E-state index is 12.3. The lowest BCUT2D eigenvalue weighted by Gasteiger charge is -2.24. The zero-order chi connectivity index (χ0) is 14.4. The second kappa shape index (κ2) is 6.99. The van der Waals surface area contributed by atoms with Gasteiger partial charge in [-0.15, -0.1) is 0 Å². The summed E-state index contributed by atoms with van der Waals surface area (Å²) in [5.41, 5.74) is 0.272. The Bertz CT molecular complexity index is 411. The molecule has 0 aliphatic carbocycles. The van der Waals surface area contributed by atoms with Gasteiger partial charge in [0.1, 0.15) is 11.5 Å². The smallest absolute Gasteiger partial charge is 0.254 e. The highest BCUT2D eigenvalue weighted by atomic mass is 16.5. The minimum Gasteiger partial charge on any atom is -0.508 e. The standard InChI is InChI=1S/C14H21NO4/c1-10(2)9-15(4-5-19-3)14(18)11-6-12(16)8-13(17)7-11/h6-8,10,16-17H,4-5,9H2,1-3H3. The first-order valence-corrected chi connectivity index (χ1v) is 6.25. The number of ether oxygens (including phenoxy) is 1. The number of phenols is 2. The minimum atomic E-state index is -0.225. The zero-order valence-electron chi connectivity index (χ0n) is 11.6. The highest BCUT2D eigenvalue weighted by Gasteiger charge is 2.17. The van der Waals surface area contributed by atoms with Crippen LogP contribution in [-0.2, 0) is 4.74 Å². The Morgan fingerprint density at radius 3 is 2.32 bits per heavy atom. The predicted molar refractivity (Wildman–Crippen MR) is 72.4 cm³/mol. The molecule has 0 saturated heterocycles. The van der Waals surface area contributed by atoms with Crippen molar-refractivity contribution in [3.63, 3.8) is 0 Å². The molecule has 19 heavy (non-hydrogen) atoms. The van der Waals surface area contributed by atoms with Crippen LogP contribution in [0.25, 0.3) is 0 Å². The van der Waals surface area contributed by atoms with Gasteiger partial charge in [0.05, 0.1) is 6.61 Å². The minimum absolute atomic E-state index is 0.125. The highest BCUT2D eigenvalue weighted by molar-refractivity contribution is 5.95. The van der Waals surface area contributed by atoms with E-state index in [0.717, 1.165) is 0 Å². The number of nitrogens with zero attached hydrogens (tertiary/aromatic N) is 1. The molecule has 5 nitrogen and oxygen atoms in total. The molecule has 0 aliphatic heterocycles. The van der Waals surface area contributed by atoms with Crippen molar-refractivity contribution < 1.29 is 19.7 Å². The van der Waals surface area contributed by atoms with Crippen LogP contribution in [0.4, 0.5) is 0 Å². The fraction of sp³-hybridized carbons (Fsp3) is 0.500. The van der Waals surface area contributed by atoms with E-state index in [2.05, 4.69) is 0 Å². The number of aromatic hydroxyl groups is 2. The molecule has 1 rings (SSSR count). The molecule has 1 aromatic rings. The molecule has 0 saturated carbocycles. The number of hydrogen-bond donors (Lipinski definition) is 2. The Morgan fingerprint density at radius 1 is 1.26 bits per heavy atom. The Hall–Kier alpha value is -1.75. The Balaban J connectivity index is 2.90. The van der Waals surface area contributed by atoms with E-state index < -0.39 is 0 Å². The number of rotatable bonds is 6. The lowest BCUT2D eigenvalue weighted by molar-refractivity contribution is 0.0671. The van der Waals surface area contributed by atoms with Crippen molar-refractivity contribution in [1.82, 2.24) is 4.90 Å². The van der Waals surface area contributed by atoms with Crippen LogP contribution in [0, 0.1) is 5.92 Å². The molecule has 1 amide bonds. The van der Waals surface area contributed by atoms with Gasteiger partial charge in [0.15, 0.2) is 0 Å². The molecule has 0 fully saturated rings.